The van der Waals surface area contributed by atoms with Crippen LogP contribution in [0, 0.1) is 11.3 Å². The van der Waals surface area contributed by atoms with Crippen molar-refractivity contribution in [1.82, 2.24) is 0 Å². The molecule has 0 saturated heterocycles. The summed E-state index contributed by atoms with van der Waals surface area (Å²) in [6.45, 7) is 0. The van der Waals surface area contributed by atoms with Gasteiger partial charge in [-0.25, -0.2) is 0 Å². The monoisotopic (exact) mass is 230 g/mol. The number of hydrogen-bond acceptors (Lipinski definition) is 3. The summed E-state index contributed by atoms with van der Waals surface area (Å²) >= 11 is 0. The maximum absolute atomic E-state index is 10.9. The molecule has 0 amide bonds. The van der Waals surface area contributed by atoms with Crippen molar-refractivity contribution in [3.05, 3.63) is 29.8 Å². The Hall–Kier alpha value is -1.25. The van der Waals surface area contributed by atoms with E-state index in [-0.39, 0.29) is 0 Å². The molecule has 0 aliphatic heterocycles. The summed E-state index contributed by atoms with van der Waals surface area (Å²) in [5.74, 6) is 0. The normalized spacial score (nSPS) is 10.6. The van der Waals surface area contributed by atoms with Crippen molar-refractivity contribution in [1.29, 1.82) is 5.26 Å². The first-order chi connectivity index (χ1) is 6.45. The zero-order valence-electron chi connectivity index (χ0n) is 7.31. The Labute approximate surface area is 86.9 Å². The Morgan fingerprint density at radius 2 is 2.14 bits per heavy atom. The number of rotatable bonds is 2. The van der Waals surface area contributed by atoms with E-state index >= 15 is 0 Å². The van der Waals surface area contributed by atoms with Gasteiger partial charge in [-0.1, -0.05) is 6.07 Å². The van der Waals surface area contributed by atoms with E-state index in [1.54, 1.807) is 18.2 Å². The van der Waals surface area contributed by atoms with Crippen LogP contribution in [0.5, 0.6) is 0 Å². The predicted octanol–water partition coefficient (Wildman–Crippen LogP) is 1.48. The van der Waals surface area contributed by atoms with Crippen LogP contribution in [-0.4, -0.2) is 15.5 Å². The quantitative estimate of drug-likeness (QED) is 0.723. The van der Waals surface area contributed by atoms with Crippen LogP contribution in [0.1, 0.15) is 5.56 Å². The molecule has 1 rings (SSSR count). The molecule has 4 nitrogen and oxygen atoms in total. The highest BCUT2D eigenvalue weighted by Crippen LogP contribution is 2.19. The molecule has 0 saturated carbocycles. The van der Waals surface area contributed by atoms with E-state index in [0.717, 1.165) is 4.31 Å². The highest BCUT2D eigenvalue weighted by Gasteiger charge is 2.14. The van der Waals surface area contributed by atoms with Crippen LogP contribution in [0.4, 0.5) is 5.69 Å². The number of nitriles is 1. The molecule has 14 heavy (non-hydrogen) atoms. The van der Waals surface area contributed by atoms with Crippen molar-refractivity contribution >= 4 is 25.6 Å². The van der Waals surface area contributed by atoms with Gasteiger partial charge in [0.05, 0.1) is 17.3 Å². The summed E-state index contributed by atoms with van der Waals surface area (Å²) in [5.41, 5.74) is 0.744. The van der Waals surface area contributed by atoms with Gasteiger partial charge < -0.3 is 0 Å². The summed E-state index contributed by atoms with van der Waals surface area (Å²) in [4.78, 5) is 0. The molecule has 0 unspecified atom stereocenters. The van der Waals surface area contributed by atoms with Gasteiger partial charge in [0.2, 0.25) is 0 Å². The van der Waals surface area contributed by atoms with Gasteiger partial charge in [0, 0.05) is 17.7 Å². The molecule has 0 aromatic heterocycles. The third kappa shape index (κ3) is 2.37. The molecule has 6 heteroatoms. The molecule has 0 heterocycles. The Morgan fingerprint density at radius 3 is 2.64 bits per heavy atom. The topological polar surface area (TPSA) is 61.2 Å². The number of anilines is 1. The Balaban J connectivity index is 3.16. The number of hydrogen-bond donors (Lipinski definition) is 0. The predicted molar refractivity (Wildman–Crippen MR) is 54.3 cm³/mol. The van der Waals surface area contributed by atoms with Crippen LogP contribution in [-0.2, 0) is 9.24 Å². The van der Waals surface area contributed by atoms with Gasteiger partial charge >= 0.3 is 9.24 Å². The van der Waals surface area contributed by atoms with Crippen molar-refractivity contribution < 1.29 is 8.42 Å². The second kappa shape index (κ2) is 3.86. The molecule has 0 N–H and O–H groups in total. The number of nitrogens with zero attached hydrogens (tertiary/aromatic N) is 2. The average molecular weight is 231 g/mol. The minimum absolute atomic E-state index is 0.360. The lowest BCUT2D eigenvalue weighted by atomic mass is 10.2. The van der Waals surface area contributed by atoms with Crippen LogP contribution in [0.25, 0.3) is 0 Å². The van der Waals surface area contributed by atoms with Gasteiger partial charge in [0.25, 0.3) is 0 Å². The molecule has 0 bridgehead atoms. The van der Waals surface area contributed by atoms with Crippen LogP contribution in [0.2, 0.25) is 0 Å². The number of benzene rings is 1. The van der Waals surface area contributed by atoms with Gasteiger partial charge in [-0.3, -0.25) is 4.31 Å². The van der Waals surface area contributed by atoms with Crippen molar-refractivity contribution in [2.24, 2.45) is 0 Å². The van der Waals surface area contributed by atoms with Crippen molar-refractivity contribution in [2.75, 3.05) is 11.4 Å². The van der Waals surface area contributed by atoms with Crippen molar-refractivity contribution in [3.63, 3.8) is 0 Å². The summed E-state index contributed by atoms with van der Waals surface area (Å²) in [7, 11) is 2.66. The van der Waals surface area contributed by atoms with Gasteiger partial charge in [-0.15, -0.1) is 0 Å². The fourth-order valence-corrected chi connectivity index (χ4v) is 1.50. The maximum Gasteiger partial charge on any atom is 0.321 e. The zero-order valence-corrected chi connectivity index (χ0v) is 8.88. The standard InChI is InChI=1S/C8H7ClN2O2S/c1-11(14(9,12)13)8-4-2-3-7(5-8)6-10/h2-5H,1H3. The van der Waals surface area contributed by atoms with E-state index in [1.807, 2.05) is 6.07 Å². The fourth-order valence-electron chi connectivity index (χ4n) is 0.897. The molecule has 0 radical (unpaired) electrons. The van der Waals surface area contributed by atoms with E-state index < -0.39 is 9.24 Å². The van der Waals surface area contributed by atoms with Crippen LogP contribution < -0.4 is 4.31 Å². The molecule has 1 aromatic carbocycles. The molecule has 74 valence electrons. The fraction of sp³-hybridized carbons (Fsp3) is 0.125. The first-order valence-corrected chi connectivity index (χ1v) is 5.90. The lowest BCUT2D eigenvalue weighted by Gasteiger charge is -2.14. The largest absolute Gasteiger partial charge is 0.321 e. The molecule has 0 aliphatic carbocycles. The second-order valence-corrected chi connectivity index (χ2v) is 5.11. The third-order valence-corrected chi connectivity index (χ3v) is 3.15. The Morgan fingerprint density at radius 1 is 1.50 bits per heavy atom. The summed E-state index contributed by atoms with van der Waals surface area (Å²) < 4.78 is 22.8. The molecule has 0 aliphatic rings. The highest BCUT2D eigenvalue weighted by molar-refractivity contribution is 8.14. The molecular formula is C8H7ClN2O2S. The van der Waals surface area contributed by atoms with Crippen LogP contribution >= 0.6 is 10.7 Å². The van der Waals surface area contributed by atoms with E-state index in [1.165, 1.54) is 13.1 Å². The van der Waals surface area contributed by atoms with Crippen molar-refractivity contribution in [3.8, 4) is 6.07 Å². The van der Waals surface area contributed by atoms with Gasteiger partial charge in [0.1, 0.15) is 0 Å². The van der Waals surface area contributed by atoms with Crippen LogP contribution in [0.15, 0.2) is 24.3 Å². The van der Waals surface area contributed by atoms with E-state index in [0.29, 0.717) is 11.3 Å². The summed E-state index contributed by atoms with van der Waals surface area (Å²) in [5, 5.41) is 8.60. The first kappa shape index (κ1) is 10.8. The Kier molecular flexibility index (Phi) is 2.99. The van der Waals surface area contributed by atoms with Crippen molar-refractivity contribution in [2.45, 2.75) is 0 Å². The average Bonchev–Trinajstić information content (AvgIpc) is 2.15. The van der Waals surface area contributed by atoms with E-state index in [4.69, 9.17) is 15.9 Å². The molecular weight excluding hydrogens is 224 g/mol. The SMILES string of the molecule is CN(c1cccc(C#N)c1)S(=O)(=O)Cl. The summed E-state index contributed by atoms with van der Waals surface area (Å²) in [6.07, 6.45) is 0. The third-order valence-electron chi connectivity index (χ3n) is 1.67. The smallest absolute Gasteiger partial charge is 0.261 e. The summed E-state index contributed by atoms with van der Waals surface area (Å²) in [6, 6.07) is 8.08. The molecule has 0 fully saturated rings. The second-order valence-electron chi connectivity index (χ2n) is 2.57. The first-order valence-electron chi connectivity index (χ1n) is 3.64. The minimum Gasteiger partial charge on any atom is -0.261 e. The number of halogens is 1. The van der Waals surface area contributed by atoms with Crippen LogP contribution in [0.3, 0.4) is 0 Å². The lowest BCUT2D eigenvalue weighted by Crippen LogP contribution is -2.21. The molecule has 1 aromatic rings. The maximum atomic E-state index is 10.9. The van der Waals surface area contributed by atoms with E-state index in [2.05, 4.69) is 0 Å². The van der Waals surface area contributed by atoms with Gasteiger partial charge in [-0.2, -0.15) is 13.7 Å². The minimum atomic E-state index is -3.78. The Bertz CT molecular complexity index is 478. The lowest BCUT2D eigenvalue weighted by molar-refractivity contribution is 0.608. The zero-order chi connectivity index (χ0) is 10.8. The van der Waals surface area contributed by atoms with Gasteiger partial charge in [-0.05, 0) is 18.2 Å². The highest BCUT2D eigenvalue weighted by atomic mass is 35.7. The molecule has 0 spiro atoms. The van der Waals surface area contributed by atoms with Gasteiger partial charge in [0.15, 0.2) is 0 Å². The van der Waals surface area contributed by atoms with E-state index in [9.17, 15) is 8.42 Å². The molecule has 0 atom stereocenters.